The SMILES string of the molecule is CNCCCOC(=O)/C=C/C=C/C1=CCCC=C1. The van der Waals surface area contributed by atoms with Crippen molar-refractivity contribution in [2.75, 3.05) is 20.2 Å². The van der Waals surface area contributed by atoms with Crippen LogP contribution in [0, 0.1) is 0 Å². The third kappa shape index (κ3) is 6.86. The third-order valence-electron chi connectivity index (χ3n) is 2.47. The van der Waals surface area contributed by atoms with Crippen LogP contribution in [0.5, 0.6) is 0 Å². The van der Waals surface area contributed by atoms with E-state index >= 15 is 0 Å². The molecule has 0 aromatic rings. The van der Waals surface area contributed by atoms with Crippen molar-refractivity contribution < 1.29 is 9.53 Å². The van der Waals surface area contributed by atoms with Gasteiger partial charge < -0.3 is 10.1 Å². The summed E-state index contributed by atoms with van der Waals surface area (Å²) in [5.74, 6) is -0.288. The number of carbonyl (C=O) groups excluding carboxylic acids is 1. The van der Waals surface area contributed by atoms with Crippen LogP contribution in [-0.4, -0.2) is 26.2 Å². The number of hydrogen-bond acceptors (Lipinski definition) is 3. The second-order valence-corrected chi connectivity index (χ2v) is 4.03. The zero-order valence-electron chi connectivity index (χ0n) is 10.9. The van der Waals surface area contributed by atoms with Gasteiger partial charge in [0.05, 0.1) is 6.61 Å². The summed E-state index contributed by atoms with van der Waals surface area (Å²) in [6, 6.07) is 0. The van der Waals surface area contributed by atoms with Crippen LogP contribution in [0.3, 0.4) is 0 Å². The van der Waals surface area contributed by atoms with E-state index in [-0.39, 0.29) is 5.97 Å². The van der Waals surface area contributed by atoms with Crippen molar-refractivity contribution >= 4 is 5.97 Å². The van der Waals surface area contributed by atoms with Crippen molar-refractivity contribution in [1.82, 2.24) is 5.32 Å². The molecule has 0 saturated heterocycles. The standard InChI is InChI=1S/C15H21NO2/c1-16-12-7-13-18-15(17)11-6-5-10-14-8-3-2-4-9-14/h3,5-6,8-11,16H,2,4,7,12-13H2,1H3/b10-5+,11-6+. The fourth-order valence-electron chi connectivity index (χ4n) is 1.53. The van der Waals surface area contributed by atoms with Gasteiger partial charge in [0.2, 0.25) is 0 Å². The molecule has 0 fully saturated rings. The van der Waals surface area contributed by atoms with Crippen LogP contribution in [-0.2, 0) is 9.53 Å². The molecule has 0 amide bonds. The van der Waals surface area contributed by atoms with Gasteiger partial charge in [-0.3, -0.25) is 0 Å². The Morgan fingerprint density at radius 3 is 3.06 bits per heavy atom. The van der Waals surface area contributed by atoms with E-state index in [2.05, 4.69) is 23.5 Å². The number of hydrogen-bond donors (Lipinski definition) is 1. The van der Waals surface area contributed by atoms with Gasteiger partial charge in [-0.05, 0) is 38.4 Å². The highest BCUT2D eigenvalue weighted by atomic mass is 16.5. The smallest absolute Gasteiger partial charge is 0.330 e. The molecule has 0 saturated carbocycles. The topological polar surface area (TPSA) is 38.3 Å². The first-order valence-corrected chi connectivity index (χ1v) is 6.36. The first-order valence-electron chi connectivity index (χ1n) is 6.36. The average molecular weight is 247 g/mol. The molecule has 1 rings (SSSR count). The Hall–Kier alpha value is -1.61. The molecule has 0 heterocycles. The van der Waals surface area contributed by atoms with Crippen LogP contribution in [0.4, 0.5) is 0 Å². The molecule has 0 unspecified atom stereocenters. The maximum absolute atomic E-state index is 11.3. The quantitative estimate of drug-likeness (QED) is 0.325. The van der Waals surface area contributed by atoms with E-state index in [0.717, 1.165) is 25.8 Å². The van der Waals surface area contributed by atoms with Crippen LogP contribution in [0.1, 0.15) is 19.3 Å². The Morgan fingerprint density at radius 2 is 2.33 bits per heavy atom. The first kappa shape index (κ1) is 14.5. The number of esters is 1. The van der Waals surface area contributed by atoms with Crippen molar-refractivity contribution in [2.24, 2.45) is 0 Å². The molecule has 0 atom stereocenters. The van der Waals surface area contributed by atoms with Gasteiger partial charge in [0.25, 0.3) is 0 Å². The maximum atomic E-state index is 11.3. The van der Waals surface area contributed by atoms with E-state index in [4.69, 9.17) is 4.74 Å². The molecule has 0 aromatic heterocycles. The van der Waals surface area contributed by atoms with Crippen LogP contribution < -0.4 is 5.32 Å². The van der Waals surface area contributed by atoms with E-state index < -0.39 is 0 Å². The summed E-state index contributed by atoms with van der Waals surface area (Å²) < 4.78 is 5.01. The predicted molar refractivity (Wildman–Crippen MR) is 74.2 cm³/mol. The van der Waals surface area contributed by atoms with Crippen molar-refractivity contribution in [2.45, 2.75) is 19.3 Å². The largest absolute Gasteiger partial charge is 0.462 e. The molecule has 0 aromatic carbocycles. The molecule has 98 valence electrons. The van der Waals surface area contributed by atoms with Gasteiger partial charge in [0.15, 0.2) is 0 Å². The molecular weight excluding hydrogens is 226 g/mol. The molecular formula is C15H21NO2. The van der Waals surface area contributed by atoms with Crippen LogP contribution in [0.15, 0.2) is 48.1 Å². The molecule has 1 aliphatic rings. The summed E-state index contributed by atoms with van der Waals surface area (Å²) in [6.07, 6.45) is 16.5. The lowest BCUT2D eigenvalue weighted by Crippen LogP contribution is -2.12. The van der Waals surface area contributed by atoms with Crippen molar-refractivity contribution in [3.63, 3.8) is 0 Å². The predicted octanol–water partition coefficient (Wildman–Crippen LogP) is 2.53. The second kappa shape index (κ2) is 9.42. The molecule has 3 nitrogen and oxygen atoms in total. The minimum absolute atomic E-state index is 0.288. The fraction of sp³-hybridized carbons (Fsp3) is 0.400. The maximum Gasteiger partial charge on any atom is 0.330 e. The Bertz CT molecular complexity index is 365. The van der Waals surface area contributed by atoms with E-state index in [1.807, 2.05) is 19.2 Å². The Balaban J connectivity index is 2.19. The molecule has 0 aliphatic heterocycles. The number of ether oxygens (including phenoxy) is 1. The van der Waals surface area contributed by atoms with E-state index in [1.54, 1.807) is 6.08 Å². The summed E-state index contributed by atoms with van der Waals surface area (Å²) in [5, 5.41) is 3.00. The van der Waals surface area contributed by atoms with Crippen molar-refractivity contribution in [3.05, 3.63) is 48.1 Å². The second-order valence-electron chi connectivity index (χ2n) is 4.03. The van der Waals surface area contributed by atoms with Gasteiger partial charge in [-0.15, -0.1) is 0 Å². The molecule has 0 bridgehead atoms. The molecule has 18 heavy (non-hydrogen) atoms. The summed E-state index contributed by atoms with van der Waals surface area (Å²) in [7, 11) is 1.88. The van der Waals surface area contributed by atoms with Crippen molar-refractivity contribution in [3.8, 4) is 0 Å². The lowest BCUT2D eigenvalue weighted by molar-refractivity contribution is -0.137. The average Bonchev–Trinajstić information content (AvgIpc) is 2.41. The Morgan fingerprint density at radius 1 is 1.44 bits per heavy atom. The van der Waals surface area contributed by atoms with Gasteiger partial charge in [0.1, 0.15) is 0 Å². The molecule has 1 N–H and O–H groups in total. The summed E-state index contributed by atoms with van der Waals surface area (Å²) in [5.41, 5.74) is 1.19. The van der Waals surface area contributed by atoms with E-state index in [0.29, 0.717) is 6.61 Å². The minimum atomic E-state index is -0.288. The lowest BCUT2D eigenvalue weighted by Gasteiger charge is -2.00. The fourth-order valence-corrected chi connectivity index (χ4v) is 1.53. The lowest BCUT2D eigenvalue weighted by atomic mass is 10.1. The van der Waals surface area contributed by atoms with Crippen LogP contribution in [0.25, 0.3) is 0 Å². The molecule has 0 radical (unpaired) electrons. The van der Waals surface area contributed by atoms with Gasteiger partial charge in [-0.1, -0.05) is 36.5 Å². The normalized spacial score (nSPS) is 15.3. The molecule has 1 aliphatic carbocycles. The zero-order chi connectivity index (χ0) is 13.1. The third-order valence-corrected chi connectivity index (χ3v) is 2.47. The van der Waals surface area contributed by atoms with Gasteiger partial charge in [-0.2, -0.15) is 0 Å². The highest BCUT2D eigenvalue weighted by Gasteiger charge is 1.95. The van der Waals surface area contributed by atoms with Crippen molar-refractivity contribution in [1.29, 1.82) is 0 Å². The van der Waals surface area contributed by atoms with Crippen LogP contribution >= 0.6 is 0 Å². The Labute approximate surface area is 109 Å². The highest BCUT2D eigenvalue weighted by molar-refractivity contribution is 5.82. The minimum Gasteiger partial charge on any atom is -0.462 e. The van der Waals surface area contributed by atoms with Gasteiger partial charge in [0, 0.05) is 6.08 Å². The van der Waals surface area contributed by atoms with Gasteiger partial charge in [-0.25, -0.2) is 4.79 Å². The molecule has 0 spiro atoms. The first-order chi connectivity index (χ1) is 8.83. The van der Waals surface area contributed by atoms with Gasteiger partial charge >= 0.3 is 5.97 Å². The summed E-state index contributed by atoms with van der Waals surface area (Å²) in [6.45, 7) is 1.32. The number of nitrogens with one attached hydrogen (secondary N) is 1. The number of allylic oxidation sites excluding steroid dienone is 7. The number of rotatable bonds is 7. The van der Waals surface area contributed by atoms with E-state index in [1.165, 1.54) is 11.6 Å². The highest BCUT2D eigenvalue weighted by Crippen LogP contribution is 2.10. The molecule has 3 heteroatoms. The zero-order valence-corrected chi connectivity index (χ0v) is 10.9. The monoisotopic (exact) mass is 247 g/mol. The van der Waals surface area contributed by atoms with E-state index in [9.17, 15) is 4.79 Å². The number of carbonyl (C=O) groups is 1. The summed E-state index contributed by atoms with van der Waals surface area (Å²) in [4.78, 5) is 11.3. The summed E-state index contributed by atoms with van der Waals surface area (Å²) >= 11 is 0. The van der Waals surface area contributed by atoms with Crippen LogP contribution in [0.2, 0.25) is 0 Å². The Kier molecular flexibility index (Phi) is 7.57.